The van der Waals surface area contributed by atoms with Gasteiger partial charge in [0.25, 0.3) is 0 Å². The fourth-order valence-corrected chi connectivity index (χ4v) is 0.775. The van der Waals surface area contributed by atoms with Crippen molar-refractivity contribution >= 4 is 6.03 Å². The van der Waals surface area contributed by atoms with E-state index in [0.29, 0.717) is 12.5 Å². The summed E-state index contributed by atoms with van der Waals surface area (Å²) < 4.78 is 0. The van der Waals surface area contributed by atoms with Crippen molar-refractivity contribution in [2.75, 3.05) is 13.1 Å². The number of amides is 2. The Kier molecular flexibility index (Phi) is 4.81. The topological polar surface area (TPSA) is 41.1 Å². The number of hydrogen-bond acceptors (Lipinski definition) is 1. The van der Waals surface area contributed by atoms with Crippen LogP contribution in [0.3, 0.4) is 0 Å². The van der Waals surface area contributed by atoms with Crippen LogP contribution in [0.4, 0.5) is 4.79 Å². The molecule has 1 unspecified atom stereocenters. The quantitative estimate of drug-likeness (QED) is 0.695. The number of nitrogens with one attached hydrogen (secondary N) is 2. The van der Waals surface area contributed by atoms with Gasteiger partial charge in [-0.15, -0.1) is 0 Å². The van der Waals surface area contributed by atoms with Crippen LogP contribution in [-0.2, 0) is 0 Å². The lowest BCUT2D eigenvalue weighted by Gasteiger charge is -2.27. The number of carbonyl (C=O) groups is 1. The van der Waals surface area contributed by atoms with Gasteiger partial charge >= 0.3 is 6.03 Å². The Morgan fingerprint density at radius 3 is 2.23 bits per heavy atom. The van der Waals surface area contributed by atoms with Crippen LogP contribution < -0.4 is 10.6 Å². The molecule has 0 rings (SSSR count). The minimum atomic E-state index is -0.0707. The molecule has 0 aliphatic heterocycles. The van der Waals surface area contributed by atoms with E-state index in [4.69, 9.17) is 0 Å². The smallest absolute Gasteiger partial charge is 0.314 e. The molecule has 3 heteroatoms. The largest absolute Gasteiger partial charge is 0.338 e. The molecule has 3 nitrogen and oxygen atoms in total. The maximum Gasteiger partial charge on any atom is 0.314 e. The van der Waals surface area contributed by atoms with Gasteiger partial charge < -0.3 is 10.6 Å². The standard InChI is InChI=1S/C10H22N2O/c1-6-11-9(13)12-7-8(2)10(3,4)5/h8H,6-7H2,1-5H3,(H2,11,12,13). The van der Waals surface area contributed by atoms with Crippen LogP contribution in [0.2, 0.25) is 0 Å². The second-order valence-electron chi connectivity index (χ2n) is 4.51. The van der Waals surface area contributed by atoms with E-state index in [0.717, 1.165) is 6.54 Å². The third kappa shape index (κ3) is 5.50. The van der Waals surface area contributed by atoms with Gasteiger partial charge in [-0.2, -0.15) is 0 Å². The van der Waals surface area contributed by atoms with Gasteiger partial charge in [0.05, 0.1) is 0 Å². The Bertz CT molecular complexity index is 161. The van der Waals surface area contributed by atoms with E-state index in [-0.39, 0.29) is 11.4 Å². The Balaban J connectivity index is 3.70. The molecule has 2 amide bonds. The molecule has 0 saturated heterocycles. The molecule has 0 spiro atoms. The van der Waals surface area contributed by atoms with Gasteiger partial charge in [-0.3, -0.25) is 0 Å². The van der Waals surface area contributed by atoms with Gasteiger partial charge in [-0.05, 0) is 18.3 Å². The van der Waals surface area contributed by atoms with Crippen LogP contribution in [0, 0.1) is 11.3 Å². The lowest BCUT2D eigenvalue weighted by atomic mass is 9.82. The predicted octanol–water partition coefficient (Wildman–Crippen LogP) is 1.99. The van der Waals surface area contributed by atoms with E-state index < -0.39 is 0 Å². The highest BCUT2D eigenvalue weighted by molar-refractivity contribution is 5.73. The molecule has 13 heavy (non-hydrogen) atoms. The van der Waals surface area contributed by atoms with E-state index in [2.05, 4.69) is 38.3 Å². The van der Waals surface area contributed by atoms with Gasteiger partial charge in [0.1, 0.15) is 0 Å². The van der Waals surface area contributed by atoms with E-state index in [1.165, 1.54) is 0 Å². The minimum absolute atomic E-state index is 0.0707. The Labute approximate surface area is 81.3 Å². The van der Waals surface area contributed by atoms with Gasteiger partial charge in [-0.1, -0.05) is 27.7 Å². The highest BCUT2D eigenvalue weighted by Crippen LogP contribution is 2.24. The maximum atomic E-state index is 11.1. The Morgan fingerprint density at radius 2 is 1.85 bits per heavy atom. The fraction of sp³-hybridized carbons (Fsp3) is 0.900. The second kappa shape index (κ2) is 5.10. The zero-order valence-corrected chi connectivity index (χ0v) is 9.40. The lowest BCUT2D eigenvalue weighted by Crippen LogP contribution is -2.40. The van der Waals surface area contributed by atoms with Crippen LogP contribution in [0.5, 0.6) is 0 Å². The molecule has 0 aliphatic rings. The van der Waals surface area contributed by atoms with Crippen LogP contribution in [-0.4, -0.2) is 19.1 Å². The van der Waals surface area contributed by atoms with Crippen LogP contribution in [0.1, 0.15) is 34.6 Å². The molecule has 0 bridgehead atoms. The first-order valence-corrected chi connectivity index (χ1v) is 4.89. The van der Waals surface area contributed by atoms with Crippen molar-refractivity contribution < 1.29 is 4.79 Å². The third-order valence-corrected chi connectivity index (χ3v) is 2.38. The van der Waals surface area contributed by atoms with E-state index in [1.54, 1.807) is 0 Å². The molecule has 0 fully saturated rings. The average Bonchev–Trinajstić information content (AvgIpc) is 1.99. The minimum Gasteiger partial charge on any atom is -0.338 e. The van der Waals surface area contributed by atoms with Gasteiger partial charge in [-0.25, -0.2) is 4.79 Å². The molecule has 0 saturated carbocycles. The van der Waals surface area contributed by atoms with Crippen LogP contribution in [0.25, 0.3) is 0 Å². The first-order chi connectivity index (χ1) is 5.88. The highest BCUT2D eigenvalue weighted by atomic mass is 16.2. The number of carbonyl (C=O) groups excluding carboxylic acids is 1. The normalized spacial score (nSPS) is 13.6. The van der Waals surface area contributed by atoms with Crippen LogP contribution >= 0.6 is 0 Å². The highest BCUT2D eigenvalue weighted by Gasteiger charge is 2.19. The SMILES string of the molecule is CCNC(=O)NCC(C)C(C)(C)C. The van der Waals surface area contributed by atoms with Crippen molar-refractivity contribution in [3.63, 3.8) is 0 Å². The molecule has 0 aromatic carbocycles. The van der Waals surface area contributed by atoms with Crippen molar-refractivity contribution in [2.45, 2.75) is 34.6 Å². The Hall–Kier alpha value is -0.730. The summed E-state index contributed by atoms with van der Waals surface area (Å²) in [7, 11) is 0. The fourth-order valence-electron chi connectivity index (χ4n) is 0.775. The van der Waals surface area contributed by atoms with Crippen molar-refractivity contribution in [3.8, 4) is 0 Å². The third-order valence-electron chi connectivity index (χ3n) is 2.38. The zero-order valence-electron chi connectivity index (χ0n) is 9.40. The maximum absolute atomic E-state index is 11.1. The molecule has 0 aromatic rings. The predicted molar refractivity (Wildman–Crippen MR) is 55.7 cm³/mol. The van der Waals surface area contributed by atoms with Gasteiger partial charge in [0.15, 0.2) is 0 Å². The lowest BCUT2D eigenvalue weighted by molar-refractivity contribution is 0.225. The van der Waals surface area contributed by atoms with Crippen molar-refractivity contribution in [2.24, 2.45) is 11.3 Å². The number of urea groups is 1. The summed E-state index contributed by atoms with van der Waals surface area (Å²) in [6.07, 6.45) is 0. The summed E-state index contributed by atoms with van der Waals surface area (Å²) in [6, 6.07) is -0.0707. The first kappa shape index (κ1) is 12.3. The summed E-state index contributed by atoms with van der Waals surface area (Å²) in [4.78, 5) is 11.1. The van der Waals surface area contributed by atoms with Crippen LogP contribution in [0.15, 0.2) is 0 Å². The molecular formula is C10H22N2O. The second-order valence-corrected chi connectivity index (χ2v) is 4.51. The molecule has 0 aliphatic carbocycles. The van der Waals surface area contributed by atoms with Crippen molar-refractivity contribution in [1.82, 2.24) is 10.6 Å². The summed E-state index contributed by atoms with van der Waals surface area (Å²) in [5.41, 5.74) is 0.249. The van der Waals surface area contributed by atoms with E-state index in [9.17, 15) is 4.79 Å². The monoisotopic (exact) mass is 186 g/mol. The first-order valence-electron chi connectivity index (χ1n) is 4.89. The van der Waals surface area contributed by atoms with Gasteiger partial charge in [0.2, 0.25) is 0 Å². The molecule has 0 aromatic heterocycles. The molecule has 1 atom stereocenters. The zero-order chi connectivity index (χ0) is 10.5. The average molecular weight is 186 g/mol. The Morgan fingerprint density at radius 1 is 1.31 bits per heavy atom. The van der Waals surface area contributed by atoms with Crippen molar-refractivity contribution in [3.05, 3.63) is 0 Å². The van der Waals surface area contributed by atoms with E-state index >= 15 is 0 Å². The summed E-state index contributed by atoms with van der Waals surface area (Å²) in [5.74, 6) is 0.482. The number of rotatable bonds is 3. The van der Waals surface area contributed by atoms with E-state index in [1.807, 2.05) is 6.92 Å². The van der Waals surface area contributed by atoms with Crippen molar-refractivity contribution in [1.29, 1.82) is 0 Å². The summed E-state index contributed by atoms with van der Waals surface area (Å²) >= 11 is 0. The summed E-state index contributed by atoms with van der Waals surface area (Å²) in [6.45, 7) is 12.0. The van der Waals surface area contributed by atoms with Gasteiger partial charge in [0, 0.05) is 13.1 Å². The molecule has 0 radical (unpaired) electrons. The molecule has 78 valence electrons. The molecular weight excluding hydrogens is 164 g/mol. The summed E-state index contributed by atoms with van der Waals surface area (Å²) in [5, 5.41) is 5.54. The molecule has 0 heterocycles. The number of hydrogen-bond donors (Lipinski definition) is 2. The molecule has 2 N–H and O–H groups in total.